The zero-order valence-electron chi connectivity index (χ0n) is 8.88. The van der Waals surface area contributed by atoms with E-state index < -0.39 is 23.0 Å². The predicted molar refractivity (Wildman–Crippen MR) is 64.8 cm³/mol. The van der Waals surface area contributed by atoms with Crippen LogP contribution in [0.3, 0.4) is 0 Å². The second-order valence-electron chi connectivity index (χ2n) is 3.58. The summed E-state index contributed by atoms with van der Waals surface area (Å²) in [4.78, 5) is 10.6. The summed E-state index contributed by atoms with van der Waals surface area (Å²) in [6, 6.07) is 5.56. The lowest BCUT2D eigenvalue weighted by Gasteiger charge is -2.08. The molecule has 0 spiro atoms. The first-order valence-electron chi connectivity index (χ1n) is 4.93. The molecule has 0 radical (unpaired) electrons. The van der Waals surface area contributed by atoms with Crippen LogP contribution in [0.4, 0.5) is 13.2 Å². The molecule has 0 heterocycles. The maximum Gasteiger partial charge on any atom is 0.150 e. The van der Waals surface area contributed by atoms with Gasteiger partial charge in [0.2, 0.25) is 0 Å². The fourth-order valence-electron chi connectivity index (χ4n) is 1.58. The molecular formula is C13H6BrF3O. The third-order valence-electron chi connectivity index (χ3n) is 2.44. The van der Waals surface area contributed by atoms with Crippen LogP contribution in [0.15, 0.2) is 34.8 Å². The molecule has 18 heavy (non-hydrogen) atoms. The summed E-state index contributed by atoms with van der Waals surface area (Å²) in [5.41, 5.74) is -0.633. The minimum absolute atomic E-state index is 0.0230. The summed E-state index contributed by atoms with van der Waals surface area (Å²) in [5, 5.41) is 0. The monoisotopic (exact) mass is 314 g/mol. The summed E-state index contributed by atoms with van der Waals surface area (Å²) in [6.07, 6.45) is 0.483. The number of halogens is 4. The molecule has 0 bridgehead atoms. The van der Waals surface area contributed by atoms with E-state index in [2.05, 4.69) is 15.9 Å². The average molecular weight is 315 g/mol. The Morgan fingerprint density at radius 2 is 1.67 bits per heavy atom. The topological polar surface area (TPSA) is 17.1 Å². The summed E-state index contributed by atoms with van der Waals surface area (Å²) >= 11 is 2.90. The van der Waals surface area contributed by atoms with Crippen LogP contribution in [-0.2, 0) is 0 Å². The van der Waals surface area contributed by atoms with Crippen LogP contribution < -0.4 is 0 Å². The Labute approximate surface area is 109 Å². The SMILES string of the molecule is O=Cc1ccc(F)c(-c2c(F)ccc(Br)c2F)c1. The highest BCUT2D eigenvalue weighted by Crippen LogP contribution is 2.32. The molecule has 0 unspecified atom stereocenters. The van der Waals surface area contributed by atoms with Crippen LogP contribution in [0, 0.1) is 17.5 Å². The van der Waals surface area contributed by atoms with Gasteiger partial charge in [-0.15, -0.1) is 0 Å². The largest absolute Gasteiger partial charge is 0.298 e. The van der Waals surface area contributed by atoms with Crippen molar-refractivity contribution < 1.29 is 18.0 Å². The Bertz CT molecular complexity index is 626. The fourth-order valence-corrected chi connectivity index (χ4v) is 1.91. The van der Waals surface area contributed by atoms with Crippen molar-refractivity contribution in [3.63, 3.8) is 0 Å². The van der Waals surface area contributed by atoms with E-state index in [4.69, 9.17) is 0 Å². The van der Waals surface area contributed by atoms with E-state index in [1.807, 2.05) is 0 Å². The maximum atomic E-state index is 13.8. The van der Waals surface area contributed by atoms with Crippen LogP contribution in [0.5, 0.6) is 0 Å². The molecular weight excluding hydrogens is 309 g/mol. The van der Waals surface area contributed by atoms with Crippen molar-refractivity contribution in [3.05, 3.63) is 57.8 Å². The number of carbonyl (C=O) groups excluding carboxylic acids is 1. The molecule has 0 aliphatic rings. The zero-order valence-corrected chi connectivity index (χ0v) is 10.5. The van der Waals surface area contributed by atoms with Crippen molar-refractivity contribution in [1.29, 1.82) is 0 Å². The molecule has 0 N–H and O–H groups in total. The van der Waals surface area contributed by atoms with E-state index in [-0.39, 0.29) is 15.6 Å². The van der Waals surface area contributed by atoms with Gasteiger partial charge >= 0.3 is 0 Å². The van der Waals surface area contributed by atoms with E-state index in [9.17, 15) is 18.0 Å². The molecule has 0 aliphatic heterocycles. The molecule has 0 fully saturated rings. The highest BCUT2D eigenvalue weighted by atomic mass is 79.9. The Hall–Kier alpha value is -1.62. The number of hydrogen-bond acceptors (Lipinski definition) is 1. The van der Waals surface area contributed by atoms with Crippen molar-refractivity contribution in [2.24, 2.45) is 0 Å². The van der Waals surface area contributed by atoms with Gasteiger partial charge in [-0.2, -0.15) is 0 Å². The predicted octanol–water partition coefficient (Wildman–Crippen LogP) is 4.35. The van der Waals surface area contributed by atoms with Crippen LogP contribution in [0.2, 0.25) is 0 Å². The first kappa shape index (κ1) is 12.8. The van der Waals surface area contributed by atoms with Crippen LogP contribution in [0.25, 0.3) is 11.1 Å². The lowest BCUT2D eigenvalue weighted by Crippen LogP contribution is -1.95. The van der Waals surface area contributed by atoms with Gasteiger partial charge in [0.05, 0.1) is 10.0 Å². The van der Waals surface area contributed by atoms with Crippen LogP contribution in [0.1, 0.15) is 10.4 Å². The Balaban J connectivity index is 2.76. The Morgan fingerprint density at radius 1 is 1.00 bits per heavy atom. The molecule has 0 saturated carbocycles. The molecule has 0 atom stereocenters. The first-order chi connectivity index (χ1) is 8.54. The van der Waals surface area contributed by atoms with E-state index >= 15 is 0 Å². The van der Waals surface area contributed by atoms with Crippen molar-refractivity contribution in [1.82, 2.24) is 0 Å². The molecule has 0 aromatic heterocycles. The van der Waals surface area contributed by atoms with Gasteiger partial charge in [-0.05, 0) is 46.3 Å². The molecule has 0 amide bonds. The number of aldehydes is 1. The van der Waals surface area contributed by atoms with Gasteiger partial charge in [-0.1, -0.05) is 0 Å². The minimum Gasteiger partial charge on any atom is -0.298 e. The minimum atomic E-state index is -0.906. The molecule has 5 heteroatoms. The van der Waals surface area contributed by atoms with E-state index in [0.717, 1.165) is 18.2 Å². The van der Waals surface area contributed by atoms with Crippen LogP contribution in [-0.4, -0.2) is 6.29 Å². The van der Waals surface area contributed by atoms with Crippen molar-refractivity contribution in [2.45, 2.75) is 0 Å². The molecule has 2 rings (SSSR count). The molecule has 0 saturated heterocycles. The fraction of sp³-hybridized carbons (Fsp3) is 0. The second kappa shape index (κ2) is 4.94. The summed E-state index contributed by atoms with van der Waals surface area (Å²) in [5.74, 6) is -2.59. The quantitative estimate of drug-likeness (QED) is 0.595. The molecule has 0 aliphatic carbocycles. The Kier molecular flexibility index (Phi) is 3.52. The van der Waals surface area contributed by atoms with Gasteiger partial charge in [0.1, 0.15) is 23.7 Å². The summed E-state index contributed by atoms with van der Waals surface area (Å²) < 4.78 is 41.1. The lowest BCUT2D eigenvalue weighted by atomic mass is 10.0. The second-order valence-corrected chi connectivity index (χ2v) is 4.43. The number of hydrogen-bond donors (Lipinski definition) is 0. The maximum absolute atomic E-state index is 13.8. The van der Waals surface area contributed by atoms with Gasteiger partial charge < -0.3 is 0 Å². The highest BCUT2D eigenvalue weighted by molar-refractivity contribution is 9.10. The van der Waals surface area contributed by atoms with Crippen LogP contribution >= 0.6 is 15.9 Å². The smallest absolute Gasteiger partial charge is 0.150 e. The Morgan fingerprint density at radius 3 is 2.33 bits per heavy atom. The summed E-state index contributed by atoms with van der Waals surface area (Å²) in [6.45, 7) is 0. The van der Waals surface area contributed by atoms with Gasteiger partial charge in [0.25, 0.3) is 0 Å². The highest BCUT2D eigenvalue weighted by Gasteiger charge is 2.18. The first-order valence-corrected chi connectivity index (χ1v) is 5.72. The third kappa shape index (κ3) is 2.18. The van der Waals surface area contributed by atoms with E-state index in [0.29, 0.717) is 6.29 Å². The van der Waals surface area contributed by atoms with Gasteiger partial charge in [0.15, 0.2) is 0 Å². The van der Waals surface area contributed by atoms with Crippen molar-refractivity contribution in [2.75, 3.05) is 0 Å². The zero-order chi connectivity index (χ0) is 13.3. The van der Waals surface area contributed by atoms with Gasteiger partial charge in [-0.25, -0.2) is 13.2 Å². The van der Waals surface area contributed by atoms with Gasteiger partial charge in [0, 0.05) is 11.1 Å². The normalized spacial score (nSPS) is 10.4. The number of rotatable bonds is 2. The molecule has 1 nitrogen and oxygen atoms in total. The standard InChI is InChI=1S/C13H6BrF3O/c14-9-2-4-11(16)12(13(9)17)8-5-7(6-18)1-3-10(8)15/h1-6H. The molecule has 2 aromatic rings. The summed E-state index contributed by atoms with van der Waals surface area (Å²) in [7, 11) is 0. The third-order valence-corrected chi connectivity index (χ3v) is 3.05. The molecule has 92 valence electrons. The molecule has 2 aromatic carbocycles. The van der Waals surface area contributed by atoms with Crippen molar-refractivity contribution in [3.8, 4) is 11.1 Å². The van der Waals surface area contributed by atoms with Gasteiger partial charge in [-0.3, -0.25) is 4.79 Å². The average Bonchev–Trinajstić information content (AvgIpc) is 2.36. The lowest BCUT2D eigenvalue weighted by molar-refractivity contribution is 0.112. The number of benzene rings is 2. The van der Waals surface area contributed by atoms with Crippen molar-refractivity contribution >= 4 is 22.2 Å². The number of carbonyl (C=O) groups is 1. The van der Waals surface area contributed by atoms with E-state index in [1.54, 1.807) is 0 Å². The van der Waals surface area contributed by atoms with E-state index in [1.165, 1.54) is 12.1 Å².